The second kappa shape index (κ2) is 5.48. The van der Waals surface area contributed by atoms with Gasteiger partial charge in [0.25, 0.3) is 0 Å². The number of methoxy groups -OCH3 is 1. The predicted octanol–water partition coefficient (Wildman–Crippen LogP) is 2.87. The maximum atomic E-state index is 6.01. The molecule has 0 amide bonds. The van der Waals surface area contributed by atoms with Gasteiger partial charge in [0, 0.05) is 18.2 Å². The highest BCUT2D eigenvalue weighted by Crippen LogP contribution is 2.28. The maximum Gasteiger partial charge on any atom is 0.121 e. The maximum absolute atomic E-state index is 6.01. The molecule has 1 heterocycles. The fourth-order valence-electron chi connectivity index (χ4n) is 2.54. The molecule has 2 atom stereocenters. The minimum absolute atomic E-state index is 0.527. The predicted molar refractivity (Wildman–Crippen MR) is 75.6 cm³/mol. The van der Waals surface area contributed by atoms with Crippen molar-refractivity contribution < 1.29 is 4.74 Å². The van der Waals surface area contributed by atoms with Crippen molar-refractivity contribution >= 4 is 11.4 Å². The van der Waals surface area contributed by atoms with Gasteiger partial charge in [0.15, 0.2) is 0 Å². The molecule has 18 heavy (non-hydrogen) atoms. The van der Waals surface area contributed by atoms with E-state index in [-0.39, 0.29) is 0 Å². The van der Waals surface area contributed by atoms with E-state index in [0.717, 1.165) is 17.1 Å². The fourth-order valence-corrected chi connectivity index (χ4v) is 2.54. The lowest BCUT2D eigenvalue weighted by atomic mass is 10.00. The first-order valence-electron chi connectivity index (χ1n) is 6.60. The van der Waals surface area contributed by atoms with E-state index in [2.05, 4.69) is 24.3 Å². The monoisotopic (exact) mass is 249 g/mol. The molecule has 0 radical (unpaired) electrons. The molecule has 0 spiro atoms. The van der Waals surface area contributed by atoms with Crippen LogP contribution in [0, 0.1) is 0 Å². The number of hydrogen-bond donors (Lipinski definition) is 2. The molecule has 2 unspecified atom stereocenters. The van der Waals surface area contributed by atoms with Gasteiger partial charge in [0.1, 0.15) is 5.75 Å². The average molecular weight is 249 g/mol. The second-order valence-electron chi connectivity index (χ2n) is 5.10. The number of nitrogens with one attached hydrogen (secondary N) is 1. The summed E-state index contributed by atoms with van der Waals surface area (Å²) in [6.07, 6.45) is 3.75. The Morgan fingerprint density at radius 2 is 1.94 bits per heavy atom. The summed E-state index contributed by atoms with van der Waals surface area (Å²) in [5.41, 5.74) is 11.1. The molecule has 0 saturated carbocycles. The average Bonchev–Trinajstić information content (AvgIpc) is 2.36. The number of hydrogen-bond acceptors (Lipinski definition) is 4. The molecule has 1 aromatic carbocycles. The van der Waals surface area contributed by atoms with E-state index in [1.54, 1.807) is 7.11 Å². The van der Waals surface area contributed by atoms with Crippen LogP contribution in [0.25, 0.3) is 0 Å². The largest absolute Gasteiger partial charge is 0.497 e. The summed E-state index contributed by atoms with van der Waals surface area (Å²) in [6.45, 7) is 4.50. The first kappa shape index (κ1) is 13.0. The second-order valence-corrected chi connectivity index (χ2v) is 5.10. The normalized spacial score (nSPS) is 24.8. The zero-order valence-corrected chi connectivity index (χ0v) is 11.4. The summed E-state index contributed by atoms with van der Waals surface area (Å²) < 4.78 is 5.24. The van der Waals surface area contributed by atoms with Crippen molar-refractivity contribution in [3.05, 3.63) is 18.2 Å². The number of benzene rings is 1. The van der Waals surface area contributed by atoms with Crippen LogP contribution in [0.5, 0.6) is 5.75 Å². The van der Waals surface area contributed by atoms with Crippen molar-refractivity contribution in [3.8, 4) is 5.75 Å². The van der Waals surface area contributed by atoms with Gasteiger partial charge in [-0.3, -0.25) is 0 Å². The van der Waals surface area contributed by atoms with Crippen molar-refractivity contribution in [2.75, 3.05) is 18.3 Å². The molecule has 4 heteroatoms. The van der Waals surface area contributed by atoms with Crippen molar-refractivity contribution in [1.82, 2.24) is 5.01 Å². The molecule has 2 rings (SSSR count). The van der Waals surface area contributed by atoms with Crippen molar-refractivity contribution in [2.24, 2.45) is 0 Å². The van der Waals surface area contributed by atoms with Gasteiger partial charge < -0.3 is 15.9 Å². The van der Waals surface area contributed by atoms with E-state index in [1.807, 2.05) is 18.2 Å². The van der Waals surface area contributed by atoms with Gasteiger partial charge >= 0.3 is 0 Å². The summed E-state index contributed by atoms with van der Waals surface area (Å²) in [5.74, 6) is 0.823. The third-order valence-electron chi connectivity index (χ3n) is 3.70. The Morgan fingerprint density at radius 3 is 2.56 bits per heavy atom. The van der Waals surface area contributed by atoms with Crippen LogP contribution < -0.4 is 15.9 Å². The summed E-state index contributed by atoms with van der Waals surface area (Å²) in [4.78, 5) is 0. The minimum atomic E-state index is 0.527. The third kappa shape index (κ3) is 2.70. The minimum Gasteiger partial charge on any atom is -0.497 e. The molecular weight excluding hydrogens is 226 g/mol. The van der Waals surface area contributed by atoms with Crippen LogP contribution in [-0.4, -0.2) is 24.2 Å². The van der Waals surface area contributed by atoms with Gasteiger partial charge in [-0.05, 0) is 38.8 Å². The lowest BCUT2D eigenvalue weighted by Gasteiger charge is -2.39. The molecule has 1 fully saturated rings. The van der Waals surface area contributed by atoms with Gasteiger partial charge in [0.05, 0.1) is 18.5 Å². The smallest absolute Gasteiger partial charge is 0.121 e. The highest BCUT2D eigenvalue weighted by molar-refractivity contribution is 5.67. The molecule has 1 aliphatic heterocycles. The fraction of sp³-hybridized carbons (Fsp3) is 0.571. The number of nitrogens with two attached hydrogens (primary N) is 1. The van der Waals surface area contributed by atoms with Crippen molar-refractivity contribution in [3.63, 3.8) is 0 Å². The molecule has 0 aromatic heterocycles. The zero-order valence-electron chi connectivity index (χ0n) is 11.4. The van der Waals surface area contributed by atoms with Crippen LogP contribution in [0.4, 0.5) is 11.4 Å². The molecular formula is C14H23N3O. The van der Waals surface area contributed by atoms with E-state index >= 15 is 0 Å². The van der Waals surface area contributed by atoms with Crippen LogP contribution >= 0.6 is 0 Å². The Morgan fingerprint density at radius 1 is 1.28 bits per heavy atom. The molecule has 1 aliphatic rings. The summed E-state index contributed by atoms with van der Waals surface area (Å²) in [7, 11) is 1.67. The van der Waals surface area contributed by atoms with Crippen molar-refractivity contribution in [1.29, 1.82) is 0 Å². The standard InChI is InChI=1S/C14H23N3O/c1-10-5-4-6-11(2)17(10)16-14-9-12(18-3)7-8-13(14)15/h7-11,16H,4-6,15H2,1-3H3. The summed E-state index contributed by atoms with van der Waals surface area (Å²) in [5, 5.41) is 2.30. The van der Waals surface area contributed by atoms with Crippen LogP contribution in [0.3, 0.4) is 0 Å². The molecule has 1 aromatic rings. The first-order valence-corrected chi connectivity index (χ1v) is 6.60. The summed E-state index contributed by atoms with van der Waals surface area (Å²) in [6, 6.07) is 6.76. The SMILES string of the molecule is COc1ccc(N)c(NN2C(C)CCCC2C)c1. The topological polar surface area (TPSA) is 50.5 Å². The Bertz CT molecular complexity index is 398. The number of hydrazine groups is 1. The van der Waals surface area contributed by atoms with Crippen LogP contribution in [0.1, 0.15) is 33.1 Å². The highest BCUT2D eigenvalue weighted by Gasteiger charge is 2.25. The number of ether oxygens (including phenoxy) is 1. The molecule has 3 N–H and O–H groups in total. The number of nitrogens with zero attached hydrogens (tertiary/aromatic N) is 1. The van der Waals surface area contributed by atoms with E-state index in [4.69, 9.17) is 10.5 Å². The van der Waals surface area contributed by atoms with Gasteiger partial charge in [-0.1, -0.05) is 6.42 Å². The summed E-state index contributed by atoms with van der Waals surface area (Å²) >= 11 is 0. The van der Waals surface area contributed by atoms with Crippen LogP contribution in [0.2, 0.25) is 0 Å². The number of nitrogen functional groups attached to an aromatic ring is 1. The molecule has 0 bridgehead atoms. The highest BCUT2D eigenvalue weighted by atomic mass is 16.5. The Balaban J connectivity index is 2.16. The number of piperidine rings is 1. The van der Waals surface area contributed by atoms with Gasteiger partial charge in [-0.2, -0.15) is 0 Å². The lowest BCUT2D eigenvalue weighted by Crippen LogP contribution is -2.47. The van der Waals surface area contributed by atoms with Gasteiger partial charge in [0.2, 0.25) is 0 Å². The van der Waals surface area contributed by atoms with E-state index in [9.17, 15) is 0 Å². The Hall–Kier alpha value is -1.42. The van der Waals surface area contributed by atoms with Crippen LogP contribution in [-0.2, 0) is 0 Å². The molecule has 4 nitrogen and oxygen atoms in total. The zero-order chi connectivity index (χ0) is 13.1. The number of anilines is 2. The van der Waals surface area contributed by atoms with Crippen LogP contribution in [0.15, 0.2) is 18.2 Å². The van der Waals surface area contributed by atoms with Crippen molar-refractivity contribution in [2.45, 2.75) is 45.2 Å². The van der Waals surface area contributed by atoms with Gasteiger partial charge in [-0.25, -0.2) is 5.01 Å². The van der Waals surface area contributed by atoms with E-state index < -0.39 is 0 Å². The first-order chi connectivity index (χ1) is 8.61. The Labute approximate surface area is 109 Å². The molecule has 100 valence electrons. The van der Waals surface area contributed by atoms with E-state index in [0.29, 0.717) is 12.1 Å². The third-order valence-corrected chi connectivity index (χ3v) is 3.70. The van der Waals surface area contributed by atoms with Gasteiger partial charge in [-0.15, -0.1) is 0 Å². The quantitative estimate of drug-likeness (QED) is 0.809. The molecule has 0 aliphatic carbocycles. The van der Waals surface area contributed by atoms with E-state index in [1.165, 1.54) is 19.3 Å². The Kier molecular flexibility index (Phi) is 3.97. The lowest BCUT2D eigenvalue weighted by molar-refractivity contribution is 0.136. The number of rotatable bonds is 3. The molecule has 1 saturated heterocycles.